The highest BCUT2D eigenvalue weighted by Crippen LogP contribution is 2.70. The Morgan fingerprint density at radius 3 is 2.65 bits per heavy atom. The van der Waals surface area contributed by atoms with Crippen molar-refractivity contribution in [2.75, 3.05) is 13.2 Å². The number of carbonyl (C=O) groups is 1. The van der Waals surface area contributed by atoms with Gasteiger partial charge in [0.2, 0.25) is 0 Å². The van der Waals surface area contributed by atoms with Crippen LogP contribution in [0.3, 0.4) is 0 Å². The van der Waals surface area contributed by atoms with E-state index >= 15 is 0 Å². The Bertz CT molecular complexity index is 613. The molecule has 4 aliphatic rings. The van der Waals surface area contributed by atoms with Crippen LogP contribution >= 0.6 is 0 Å². The second kappa shape index (κ2) is 5.07. The van der Waals surface area contributed by atoms with E-state index in [1.807, 2.05) is 13.0 Å². The van der Waals surface area contributed by atoms with Gasteiger partial charge in [0.05, 0.1) is 12.0 Å². The maximum Gasteiger partial charge on any atom is 0.309 e. The highest BCUT2D eigenvalue weighted by atomic mass is 16.5. The van der Waals surface area contributed by atoms with Crippen LogP contribution in [0.15, 0.2) is 30.3 Å². The van der Waals surface area contributed by atoms with E-state index < -0.39 is 11.4 Å². The standard InChI is InChI=1S/C20H26O3/c1-2-23-14-18-8-15-9-19(11-18,16-6-4-3-5-7-16)13-20(10-15,12-18)17(21)22/h3-7,15H,2,8-14H2,1H3,(H,21,22)/t15?,18-,19+,20?/m0/s1. The second-order valence-corrected chi connectivity index (χ2v) is 8.38. The number of hydrogen-bond acceptors (Lipinski definition) is 2. The van der Waals surface area contributed by atoms with Gasteiger partial charge in [0.15, 0.2) is 0 Å². The Morgan fingerprint density at radius 2 is 1.96 bits per heavy atom. The van der Waals surface area contributed by atoms with Gasteiger partial charge in [-0.15, -0.1) is 0 Å². The van der Waals surface area contributed by atoms with Crippen LogP contribution in [0.4, 0.5) is 0 Å². The molecule has 4 atom stereocenters. The smallest absolute Gasteiger partial charge is 0.309 e. The molecule has 1 aromatic rings. The zero-order chi connectivity index (χ0) is 16.1. The van der Waals surface area contributed by atoms with Crippen LogP contribution < -0.4 is 0 Å². The Balaban J connectivity index is 1.78. The van der Waals surface area contributed by atoms with Gasteiger partial charge >= 0.3 is 5.97 Å². The van der Waals surface area contributed by atoms with Crippen molar-refractivity contribution in [1.29, 1.82) is 0 Å². The van der Waals surface area contributed by atoms with E-state index in [-0.39, 0.29) is 10.8 Å². The molecule has 0 radical (unpaired) electrons. The minimum atomic E-state index is -0.581. The van der Waals surface area contributed by atoms with E-state index in [0.29, 0.717) is 12.5 Å². The van der Waals surface area contributed by atoms with E-state index in [9.17, 15) is 9.90 Å². The lowest BCUT2D eigenvalue weighted by atomic mass is 9.38. The van der Waals surface area contributed by atoms with Crippen molar-refractivity contribution in [3.63, 3.8) is 0 Å². The van der Waals surface area contributed by atoms with Gasteiger partial charge in [-0.2, -0.15) is 0 Å². The van der Waals surface area contributed by atoms with Gasteiger partial charge < -0.3 is 9.84 Å². The molecule has 0 spiro atoms. The Hall–Kier alpha value is -1.35. The van der Waals surface area contributed by atoms with Gasteiger partial charge in [-0.05, 0) is 67.8 Å². The number of carboxylic acids is 1. The van der Waals surface area contributed by atoms with Crippen LogP contribution in [0.1, 0.15) is 51.0 Å². The molecule has 5 rings (SSSR count). The summed E-state index contributed by atoms with van der Waals surface area (Å²) in [5.74, 6) is -0.0502. The van der Waals surface area contributed by atoms with Crippen LogP contribution in [-0.2, 0) is 14.9 Å². The van der Waals surface area contributed by atoms with Gasteiger partial charge in [0.1, 0.15) is 0 Å². The zero-order valence-corrected chi connectivity index (χ0v) is 13.9. The molecule has 0 aliphatic heterocycles. The monoisotopic (exact) mass is 314 g/mol. The minimum Gasteiger partial charge on any atom is -0.481 e. The zero-order valence-electron chi connectivity index (χ0n) is 13.9. The third-order valence-corrected chi connectivity index (χ3v) is 6.64. The minimum absolute atomic E-state index is 0.0379. The van der Waals surface area contributed by atoms with Crippen LogP contribution in [-0.4, -0.2) is 24.3 Å². The molecule has 4 fully saturated rings. The van der Waals surface area contributed by atoms with Crippen molar-refractivity contribution in [1.82, 2.24) is 0 Å². The topological polar surface area (TPSA) is 46.5 Å². The van der Waals surface area contributed by atoms with Gasteiger partial charge in [-0.1, -0.05) is 30.3 Å². The molecule has 0 amide bonds. The van der Waals surface area contributed by atoms with Crippen molar-refractivity contribution in [3.8, 4) is 0 Å². The highest BCUT2D eigenvalue weighted by molar-refractivity contribution is 5.76. The molecule has 0 heterocycles. The lowest BCUT2D eigenvalue weighted by Gasteiger charge is -2.65. The molecule has 0 saturated heterocycles. The molecule has 4 saturated carbocycles. The summed E-state index contributed by atoms with van der Waals surface area (Å²) in [5.41, 5.74) is 0.905. The van der Waals surface area contributed by atoms with Crippen molar-refractivity contribution in [3.05, 3.63) is 35.9 Å². The molecule has 1 aromatic carbocycles. The second-order valence-electron chi connectivity index (χ2n) is 8.38. The molecule has 0 aromatic heterocycles. The van der Waals surface area contributed by atoms with E-state index in [4.69, 9.17) is 4.74 Å². The lowest BCUT2D eigenvalue weighted by molar-refractivity contribution is -0.186. The maximum absolute atomic E-state index is 12.2. The number of hydrogen-bond donors (Lipinski definition) is 1. The third-order valence-electron chi connectivity index (χ3n) is 6.64. The van der Waals surface area contributed by atoms with Crippen LogP contribution in [0.25, 0.3) is 0 Å². The van der Waals surface area contributed by atoms with Gasteiger partial charge in [-0.3, -0.25) is 4.79 Å². The van der Waals surface area contributed by atoms with Crippen LogP contribution in [0, 0.1) is 16.7 Å². The van der Waals surface area contributed by atoms with Crippen molar-refractivity contribution < 1.29 is 14.6 Å². The summed E-state index contributed by atoms with van der Waals surface area (Å²) in [4.78, 5) is 12.2. The predicted octanol–water partition coefficient (Wildman–Crippen LogP) is 4.02. The fraction of sp³-hybridized carbons (Fsp3) is 0.650. The Kier molecular flexibility index (Phi) is 3.35. The molecule has 4 bridgehead atoms. The summed E-state index contributed by atoms with van der Waals surface area (Å²) >= 11 is 0. The van der Waals surface area contributed by atoms with Gasteiger partial charge in [-0.25, -0.2) is 0 Å². The Morgan fingerprint density at radius 1 is 1.17 bits per heavy atom. The predicted molar refractivity (Wildman–Crippen MR) is 88.3 cm³/mol. The summed E-state index contributed by atoms with van der Waals surface area (Å²) in [7, 11) is 0. The number of benzene rings is 1. The molecule has 4 aliphatic carbocycles. The number of carboxylic acid groups (broad SMARTS) is 1. The number of aliphatic carboxylic acids is 1. The summed E-state index contributed by atoms with van der Waals surface area (Å²) in [5, 5.41) is 10.0. The highest BCUT2D eigenvalue weighted by Gasteiger charge is 2.66. The van der Waals surface area contributed by atoms with Gasteiger partial charge in [0, 0.05) is 6.61 Å². The first-order valence-electron chi connectivity index (χ1n) is 8.88. The molecule has 124 valence electrons. The average Bonchev–Trinajstić information content (AvgIpc) is 2.53. The summed E-state index contributed by atoms with van der Waals surface area (Å²) in [6.07, 6.45) is 5.88. The average molecular weight is 314 g/mol. The van der Waals surface area contributed by atoms with Gasteiger partial charge in [0.25, 0.3) is 0 Å². The van der Waals surface area contributed by atoms with E-state index in [2.05, 4.69) is 24.3 Å². The molecular formula is C20H26O3. The first-order valence-corrected chi connectivity index (χ1v) is 8.88. The van der Waals surface area contributed by atoms with E-state index in [1.165, 1.54) is 5.56 Å². The summed E-state index contributed by atoms with van der Waals surface area (Å²) in [6.45, 7) is 3.47. The summed E-state index contributed by atoms with van der Waals surface area (Å²) < 4.78 is 5.83. The molecule has 3 nitrogen and oxygen atoms in total. The molecule has 23 heavy (non-hydrogen) atoms. The van der Waals surface area contributed by atoms with E-state index in [0.717, 1.165) is 45.1 Å². The molecule has 1 N–H and O–H groups in total. The van der Waals surface area contributed by atoms with Crippen LogP contribution in [0.5, 0.6) is 0 Å². The molecular weight excluding hydrogens is 288 g/mol. The molecule has 3 heteroatoms. The largest absolute Gasteiger partial charge is 0.481 e. The van der Waals surface area contributed by atoms with Crippen molar-refractivity contribution >= 4 is 5.97 Å². The number of rotatable bonds is 5. The first kappa shape index (κ1) is 15.2. The lowest BCUT2D eigenvalue weighted by Crippen LogP contribution is -2.62. The quantitative estimate of drug-likeness (QED) is 0.893. The number of ether oxygens (including phenoxy) is 1. The maximum atomic E-state index is 12.2. The molecule has 2 unspecified atom stereocenters. The Labute approximate surface area is 138 Å². The fourth-order valence-electron chi connectivity index (χ4n) is 6.47. The van der Waals surface area contributed by atoms with Crippen molar-refractivity contribution in [2.24, 2.45) is 16.7 Å². The fourth-order valence-corrected chi connectivity index (χ4v) is 6.47. The SMILES string of the molecule is CCOC[C@]12CC3CC(C(=O)O)(C1)C[C@@](c1ccccc1)(C3)C2. The van der Waals surface area contributed by atoms with Crippen LogP contribution in [0.2, 0.25) is 0 Å². The first-order chi connectivity index (χ1) is 11.0. The summed E-state index contributed by atoms with van der Waals surface area (Å²) in [6, 6.07) is 10.6. The van der Waals surface area contributed by atoms with Crippen molar-refractivity contribution in [2.45, 2.75) is 50.9 Å². The normalized spacial score (nSPS) is 41.2. The van der Waals surface area contributed by atoms with E-state index in [1.54, 1.807) is 0 Å². The third kappa shape index (κ3) is 2.24.